The van der Waals surface area contributed by atoms with Crippen molar-refractivity contribution in [2.45, 2.75) is 0 Å². The standard InChI is InChI=1S/C4HN3OS/c9-4-7-2-3(8-4)6-1-5-2/h1H. The second-order valence-corrected chi connectivity index (χ2v) is 1.83. The molecule has 0 amide bonds. The fourth-order valence-electron chi connectivity index (χ4n) is 0.590. The molecular formula is C4HN3OS. The Morgan fingerprint density at radius 1 is 1.56 bits per heavy atom. The molecule has 0 spiro atoms. The highest BCUT2D eigenvalue weighted by atomic mass is 32.1. The van der Waals surface area contributed by atoms with Gasteiger partial charge in [-0.15, -0.1) is 0 Å². The van der Waals surface area contributed by atoms with Crippen LogP contribution in [0.2, 0.25) is 0 Å². The summed E-state index contributed by atoms with van der Waals surface area (Å²) in [5.41, 5.74) is 0. The number of nitrogens with zero attached hydrogens (tertiary/aromatic N) is 3. The Kier molecular flexibility index (Phi) is 0.762. The minimum absolute atomic E-state index is 0.195. The summed E-state index contributed by atoms with van der Waals surface area (Å²) in [6.07, 6.45) is 1.38. The summed E-state index contributed by atoms with van der Waals surface area (Å²) >= 11 is 4.61. The van der Waals surface area contributed by atoms with E-state index in [2.05, 4.69) is 27.2 Å². The molecule has 0 radical (unpaired) electrons. The highest BCUT2D eigenvalue weighted by Crippen LogP contribution is 2.06. The van der Waals surface area contributed by atoms with Gasteiger partial charge in [-0.05, 0) is 12.2 Å². The van der Waals surface area contributed by atoms with Gasteiger partial charge in [0, 0.05) is 0 Å². The molecule has 44 valence electrons. The lowest BCUT2D eigenvalue weighted by atomic mass is 10.6. The van der Waals surface area contributed by atoms with Crippen molar-refractivity contribution in [1.29, 1.82) is 0 Å². The number of ether oxygens (including phenoxy) is 1. The van der Waals surface area contributed by atoms with Gasteiger partial charge < -0.3 is 4.74 Å². The SMILES string of the molecule is S=C1N=C2N=CN=C2O1. The van der Waals surface area contributed by atoms with Gasteiger partial charge in [0.1, 0.15) is 6.34 Å². The van der Waals surface area contributed by atoms with Crippen LogP contribution >= 0.6 is 12.2 Å². The van der Waals surface area contributed by atoms with E-state index in [1.165, 1.54) is 6.34 Å². The minimum Gasteiger partial charge on any atom is -0.407 e. The Morgan fingerprint density at radius 3 is 3.22 bits per heavy atom. The second kappa shape index (κ2) is 1.44. The van der Waals surface area contributed by atoms with Crippen molar-refractivity contribution in [3.8, 4) is 0 Å². The van der Waals surface area contributed by atoms with Gasteiger partial charge in [0.25, 0.3) is 11.1 Å². The van der Waals surface area contributed by atoms with Crippen molar-refractivity contribution < 1.29 is 4.74 Å². The third kappa shape index (κ3) is 0.580. The zero-order valence-electron chi connectivity index (χ0n) is 4.24. The van der Waals surface area contributed by atoms with E-state index in [0.717, 1.165) is 0 Å². The zero-order valence-corrected chi connectivity index (χ0v) is 5.05. The maximum absolute atomic E-state index is 4.84. The van der Waals surface area contributed by atoms with E-state index in [9.17, 15) is 0 Å². The first-order valence-corrected chi connectivity index (χ1v) is 2.68. The summed E-state index contributed by atoms with van der Waals surface area (Å²) in [7, 11) is 0. The molecule has 9 heavy (non-hydrogen) atoms. The molecule has 0 aromatic carbocycles. The molecule has 2 heterocycles. The lowest BCUT2D eigenvalue weighted by Gasteiger charge is -1.86. The number of thiocarbonyl (C=S) groups is 1. The van der Waals surface area contributed by atoms with Gasteiger partial charge in [0.2, 0.25) is 5.84 Å². The first kappa shape index (κ1) is 4.75. The van der Waals surface area contributed by atoms with Crippen molar-refractivity contribution in [3.05, 3.63) is 0 Å². The van der Waals surface area contributed by atoms with Crippen LogP contribution < -0.4 is 0 Å². The van der Waals surface area contributed by atoms with Crippen LogP contribution in [0.5, 0.6) is 0 Å². The summed E-state index contributed by atoms with van der Waals surface area (Å²) in [5.74, 6) is 0.903. The average Bonchev–Trinajstić information content (AvgIpc) is 2.22. The maximum Gasteiger partial charge on any atom is 0.292 e. The van der Waals surface area contributed by atoms with E-state index in [-0.39, 0.29) is 5.17 Å². The van der Waals surface area contributed by atoms with E-state index < -0.39 is 0 Å². The van der Waals surface area contributed by atoms with E-state index in [0.29, 0.717) is 11.7 Å². The molecule has 0 aliphatic carbocycles. The lowest BCUT2D eigenvalue weighted by Crippen LogP contribution is -2.03. The Labute approximate surface area is 56.0 Å². The Morgan fingerprint density at radius 2 is 2.44 bits per heavy atom. The minimum atomic E-state index is 0.195. The van der Waals surface area contributed by atoms with Gasteiger partial charge in [-0.1, -0.05) is 0 Å². The highest BCUT2D eigenvalue weighted by molar-refractivity contribution is 7.80. The van der Waals surface area contributed by atoms with E-state index in [4.69, 9.17) is 4.74 Å². The molecule has 4 nitrogen and oxygen atoms in total. The van der Waals surface area contributed by atoms with Gasteiger partial charge in [-0.25, -0.2) is 4.99 Å². The molecule has 0 N–H and O–H groups in total. The van der Waals surface area contributed by atoms with Crippen LogP contribution in [0.15, 0.2) is 15.0 Å². The van der Waals surface area contributed by atoms with Crippen LogP contribution in [-0.2, 0) is 4.74 Å². The fraction of sp³-hybridized carbons (Fsp3) is 0. The van der Waals surface area contributed by atoms with Crippen LogP contribution in [0, 0.1) is 0 Å². The van der Waals surface area contributed by atoms with E-state index in [1.54, 1.807) is 0 Å². The lowest BCUT2D eigenvalue weighted by molar-refractivity contribution is 0.576. The van der Waals surface area contributed by atoms with Crippen LogP contribution in [0.3, 0.4) is 0 Å². The molecule has 0 saturated carbocycles. The first-order chi connectivity index (χ1) is 4.36. The summed E-state index contributed by atoms with van der Waals surface area (Å²) in [5, 5.41) is 0.195. The number of hydrogen-bond donors (Lipinski definition) is 0. The second-order valence-electron chi connectivity index (χ2n) is 1.48. The number of hydrogen-bond acceptors (Lipinski definition) is 4. The van der Waals surface area contributed by atoms with Crippen LogP contribution in [0.1, 0.15) is 0 Å². The van der Waals surface area contributed by atoms with Crippen LogP contribution in [-0.4, -0.2) is 23.2 Å². The Bertz CT molecular complexity index is 265. The summed E-state index contributed by atoms with van der Waals surface area (Å²) in [4.78, 5) is 11.2. The number of aliphatic imine (C=N–C) groups is 3. The van der Waals surface area contributed by atoms with Gasteiger partial charge in [0.15, 0.2) is 0 Å². The third-order valence-corrected chi connectivity index (χ3v) is 1.10. The molecule has 5 heteroatoms. The molecule has 2 aliphatic rings. The molecule has 2 aliphatic heterocycles. The number of rotatable bonds is 0. The van der Waals surface area contributed by atoms with Crippen molar-refractivity contribution in [3.63, 3.8) is 0 Å². The highest BCUT2D eigenvalue weighted by Gasteiger charge is 2.22. The van der Waals surface area contributed by atoms with Gasteiger partial charge in [-0.3, -0.25) is 0 Å². The van der Waals surface area contributed by atoms with Crippen molar-refractivity contribution in [2.75, 3.05) is 0 Å². The molecule has 0 aromatic heterocycles. The summed E-state index contributed by atoms with van der Waals surface area (Å²) in [6, 6.07) is 0. The smallest absolute Gasteiger partial charge is 0.292 e. The molecular weight excluding hydrogens is 138 g/mol. The molecule has 0 unspecified atom stereocenters. The van der Waals surface area contributed by atoms with Gasteiger partial charge in [-0.2, -0.15) is 9.98 Å². The van der Waals surface area contributed by atoms with Crippen molar-refractivity contribution in [1.82, 2.24) is 0 Å². The number of amidine groups is 1. The first-order valence-electron chi connectivity index (χ1n) is 2.27. The monoisotopic (exact) mass is 139 g/mol. The summed E-state index contributed by atoms with van der Waals surface area (Å²) < 4.78 is 4.84. The quantitative estimate of drug-likeness (QED) is 0.448. The predicted molar refractivity (Wildman–Crippen MR) is 37.0 cm³/mol. The van der Waals surface area contributed by atoms with Crippen molar-refractivity contribution in [2.24, 2.45) is 15.0 Å². The average molecular weight is 139 g/mol. The molecule has 0 atom stereocenters. The maximum atomic E-state index is 4.84. The number of fused-ring (bicyclic) bond motifs is 1. The molecule has 0 bridgehead atoms. The molecule has 2 rings (SSSR count). The topological polar surface area (TPSA) is 46.3 Å². The van der Waals surface area contributed by atoms with Crippen LogP contribution in [0.4, 0.5) is 0 Å². The zero-order chi connectivity index (χ0) is 6.27. The van der Waals surface area contributed by atoms with Crippen LogP contribution in [0.25, 0.3) is 0 Å². The third-order valence-electron chi connectivity index (χ3n) is 0.927. The Hall–Kier alpha value is -1.10. The largest absolute Gasteiger partial charge is 0.407 e. The van der Waals surface area contributed by atoms with E-state index in [1.807, 2.05) is 0 Å². The molecule has 0 fully saturated rings. The predicted octanol–water partition coefficient (Wildman–Crippen LogP) is 0.140. The molecule has 0 saturated heterocycles. The molecule has 0 aromatic rings. The van der Waals surface area contributed by atoms with Gasteiger partial charge >= 0.3 is 0 Å². The van der Waals surface area contributed by atoms with Gasteiger partial charge in [0.05, 0.1) is 0 Å². The summed E-state index contributed by atoms with van der Waals surface area (Å²) in [6.45, 7) is 0. The van der Waals surface area contributed by atoms with Crippen molar-refractivity contribution >= 4 is 35.5 Å². The normalized spacial score (nSPS) is 21.1. The van der Waals surface area contributed by atoms with E-state index >= 15 is 0 Å². The fourth-order valence-corrected chi connectivity index (χ4v) is 0.755. The Balaban J connectivity index is 2.51.